The van der Waals surface area contributed by atoms with E-state index < -0.39 is 10.0 Å². The molecule has 190 valence electrons. The minimum Gasteiger partial charge on any atom is -0.346 e. The Morgan fingerprint density at radius 1 is 0.946 bits per heavy atom. The van der Waals surface area contributed by atoms with Crippen molar-refractivity contribution in [1.29, 1.82) is 0 Å². The second-order valence-corrected chi connectivity index (χ2v) is 11.0. The number of nitrogens with one attached hydrogen (secondary N) is 1. The van der Waals surface area contributed by atoms with Crippen molar-refractivity contribution in [3.63, 3.8) is 0 Å². The highest BCUT2D eigenvalue weighted by atomic mass is 35.5. The Morgan fingerprint density at radius 3 is 2.24 bits per heavy atom. The smallest absolute Gasteiger partial charge is 0.264 e. The first-order valence-electron chi connectivity index (χ1n) is 11.6. The van der Waals surface area contributed by atoms with E-state index in [0.29, 0.717) is 21.8 Å². The molecule has 0 fully saturated rings. The fourth-order valence-corrected chi connectivity index (χ4v) is 5.61. The van der Waals surface area contributed by atoms with E-state index in [0.717, 1.165) is 11.1 Å². The number of benzene rings is 4. The van der Waals surface area contributed by atoms with Gasteiger partial charge in [0.1, 0.15) is 5.82 Å². The minimum atomic E-state index is -3.90. The first-order valence-corrected chi connectivity index (χ1v) is 13.5. The Morgan fingerprint density at radius 2 is 1.59 bits per heavy atom. The molecule has 0 unspecified atom stereocenters. The van der Waals surface area contributed by atoms with Crippen LogP contribution in [0, 0.1) is 12.7 Å². The standard InChI is InChI=1S/C29H26ClFN2O3S/c1-20-8-15-25(30)18-28(20)33(37(35,36)27-6-4-3-5-7-27)19-22-9-11-24(12-10-22)29(34)32-21(2)23-13-16-26(31)17-14-23/h3-18,21H,19H2,1-2H3,(H,32,34)/t21-/m0/s1. The third-order valence-electron chi connectivity index (χ3n) is 6.03. The molecule has 0 saturated carbocycles. The Balaban J connectivity index is 1.58. The molecule has 8 heteroatoms. The van der Waals surface area contributed by atoms with Crippen LogP contribution in [-0.2, 0) is 16.6 Å². The van der Waals surface area contributed by atoms with Crippen LogP contribution in [0.1, 0.15) is 40.0 Å². The zero-order valence-corrected chi connectivity index (χ0v) is 21.9. The van der Waals surface area contributed by atoms with Crippen molar-refractivity contribution in [2.75, 3.05) is 4.31 Å². The van der Waals surface area contributed by atoms with E-state index in [2.05, 4.69) is 5.32 Å². The molecule has 0 aliphatic rings. The van der Waals surface area contributed by atoms with Crippen molar-refractivity contribution >= 4 is 33.2 Å². The van der Waals surface area contributed by atoms with Gasteiger partial charge in [-0.05, 0) is 79.1 Å². The van der Waals surface area contributed by atoms with Crippen molar-refractivity contribution in [3.8, 4) is 0 Å². The summed E-state index contributed by atoms with van der Waals surface area (Å²) in [4.78, 5) is 12.9. The molecule has 1 atom stereocenters. The second kappa shape index (κ2) is 11.2. The van der Waals surface area contributed by atoms with E-state index in [1.54, 1.807) is 84.9 Å². The quantitative estimate of drug-likeness (QED) is 0.273. The molecule has 0 aliphatic heterocycles. The molecular weight excluding hydrogens is 511 g/mol. The van der Waals surface area contributed by atoms with E-state index in [9.17, 15) is 17.6 Å². The lowest BCUT2D eigenvalue weighted by atomic mass is 10.1. The molecule has 0 bridgehead atoms. The lowest BCUT2D eigenvalue weighted by Gasteiger charge is -2.26. The van der Waals surface area contributed by atoms with Crippen LogP contribution < -0.4 is 9.62 Å². The molecule has 4 aromatic carbocycles. The Bertz CT molecular complexity index is 1490. The van der Waals surface area contributed by atoms with Crippen LogP contribution in [0.4, 0.5) is 10.1 Å². The van der Waals surface area contributed by atoms with E-state index in [-0.39, 0.29) is 29.2 Å². The van der Waals surface area contributed by atoms with Gasteiger partial charge in [0, 0.05) is 10.6 Å². The van der Waals surface area contributed by atoms with Crippen molar-refractivity contribution in [1.82, 2.24) is 5.32 Å². The molecule has 5 nitrogen and oxygen atoms in total. The average Bonchev–Trinajstić information content (AvgIpc) is 2.90. The molecule has 1 N–H and O–H groups in total. The molecule has 37 heavy (non-hydrogen) atoms. The molecule has 0 saturated heterocycles. The normalized spacial score (nSPS) is 12.1. The van der Waals surface area contributed by atoms with Crippen LogP contribution in [0.15, 0.2) is 102 Å². The molecule has 4 aromatic rings. The maximum Gasteiger partial charge on any atom is 0.264 e. The summed E-state index contributed by atoms with van der Waals surface area (Å²) in [5.41, 5.74) is 3.14. The molecule has 0 aliphatic carbocycles. The summed E-state index contributed by atoms with van der Waals surface area (Å²) in [5.74, 6) is -0.628. The highest BCUT2D eigenvalue weighted by molar-refractivity contribution is 7.92. The fraction of sp³-hybridized carbons (Fsp3) is 0.138. The number of anilines is 1. The van der Waals surface area contributed by atoms with Crippen LogP contribution in [0.5, 0.6) is 0 Å². The monoisotopic (exact) mass is 536 g/mol. The van der Waals surface area contributed by atoms with Crippen LogP contribution in [0.2, 0.25) is 5.02 Å². The molecule has 0 aromatic heterocycles. The highest BCUT2D eigenvalue weighted by Crippen LogP contribution is 2.31. The summed E-state index contributed by atoms with van der Waals surface area (Å²) < 4.78 is 41.8. The summed E-state index contributed by atoms with van der Waals surface area (Å²) in [7, 11) is -3.90. The fourth-order valence-electron chi connectivity index (χ4n) is 3.91. The van der Waals surface area contributed by atoms with Gasteiger partial charge in [0.15, 0.2) is 0 Å². The van der Waals surface area contributed by atoms with Gasteiger partial charge in [0.2, 0.25) is 0 Å². The second-order valence-electron chi connectivity index (χ2n) is 8.70. The van der Waals surface area contributed by atoms with E-state index >= 15 is 0 Å². The van der Waals surface area contributed by atoms with Gasteiger partial charge >= 0.3 is 0 Å². The maximum absolute atomic E-state index is 13.6. The van der Waals surface area contributed by atoms with Crippen LogP contribution in [-0.4, -0.2) is 14.3 Å². The van der Waals surface area contributed by atoms with Gasteiger partial charge in [0.05, 0.1) is 23.2 Å². The number of aryl methyl sites for hydroxylation is 1. The predicted octanol–water partition coefficient (Wildman–Crippen LogP) is 6.67. The number of carbonyl (C=O) groups excluding carboxylic acids is 1. The van der Waals surface area contributed by atoms with Gasteiger partial charge in [0.25, 0.3) is 15.9 Å². The first-order chi connectivity index (χ1) is 17.6. The van der Waals surface area contributed by atoms with Gasteiger partial charge in [-0.1, -0.05) is 60.1 Å². The molecule has 0 radical (unpaired) electrons. The van der Waals surface area contributed by atoms with E-state index in [4.69, 9.17) is 11.6 Å². The molecule has 0 spiro atoms. The summed E-state index contributed by atoms with van der Waals surface area (Å²) in [6, 6.07) is 25.8. The number of nitrogens with zero attached hydrogens (tertiary/aromatic N) is 1. The van der Waals surface area contributed by atoms with E-state index in [1.165, 1.54) is 16.4 Å². The van der Waals surface area contributed by atoms with E-state index in [1.807, 2.05) is 13.8 Å². The number of hydrogen-bond donors (Lipinski definition) is 1. The highest BCUT2D eigenvalue weighted by Gasteiger charge is 2.26. The van der Waals surface area contributed by atoms with Crippen molar-refractivity contribution < 1.29 is 17.6 Å². The number of sulfonamides is 1. The predicted molar refractivity (Wildman–Crippen MR) is 145 cm³/mol. The van der Waals surface area contributed by atoms with Crippen LogP contribution >= 0.6 is 11.6 Å². The number of carbonyl (C=O) groups is 1. The lowest BCUT2D eigenvalue weighted by molar-refractivity contribution is 0.0940. The Kier molecular flexibility index (Phi) is 7.95. The number of amides is 1. The third kappa shape index (κ3) is 6.18. The zero-order chi connectivity index (χ0) is 26.6. The Labute approximate surface area is 221 Å². The SMILES string of the molecule is Cc1ccc(Cl)cc1N(Cc1ccc(C(=O)N[C@@H](C)c2ccc(F)cc2)cc1)S(=O)(=O)c1ccccc1. The summed E-state index contributed by atoms with van der Waals surface area (Å²) in [6.07, 6.45) is 0. The summed E-state index contributed by atoms with van der Waals surface area (Å²) in [5, 5.41) is 3.32. The number of halogens is 2. The van der Waals surface area contributed by atoms with Crippen molar-refractivity contribution in [3.05, 3.63) is 130 Å². The Hall–Kier alpha value is -3.68. The maximum atomic E-state index is 13.6. The van der Waals surface area contributed by atoms with Gasteiger partial charge in [-0.2, -0.15) is 0 Å². The van der Waals surface area contributed by atoms with Gasteiger partial charge < -0.3 is 5.32 Å². The first kappa shape index (κ1) is 26.4. The van der Waals surface area contributed by atoms with Crippen molar-refractivity contribution in [2.45, 2.75) is 31.3 Å². The largest absolute Gasteiger partial charge is 0.346 e. The topological polar surface area (TPSA) is 66.5 Å². The third-order valence-corrected chi connectivity index (χ3v) is 8.04. The zero-order valence-electron chi connectivity index (χ0n) is 20.4. The summed E-state index contributed by atoms with van der Waals surface area (Å²) >= 11 is 6.22. The average molecular weight is 537 g/mol. The molecule has 1 amide bonds. The van der Waals surface area contributed by atoms with Crippen LogP contribution in [0.25, 0.3) is 0 Å². The molecule has 0 heterocycles. The van der Waals surface area contributed by atoms with Gasteiger partial charge in [-0.25, -0.2) is 12.8 Å². The molecular formula is C29H26ClFN2O3S. The van der Waals surface area contributed by atoms with Gasteiger partial charge in [-0.15, -0.1) is 0 Å². The number of rotatable bonds is 8. The van der Waals surface area contributed by atoms with Gasteiger partial charge in [-0.3, -0.25) is 9.10 Å². The lowest BCUT2D eigenvalue weighted by Crippen LogP contribution is -2.31. The van der Waals surface area contributed by atoms with Crippen molar-refractivity contribution in [2.24, 2.45) is 0 Å². The minimum absolute atomic E-state index is 0.0479. The summed E-state index contributed by atoms with van der Waals surface area (Å²) in [6.45, 7) is 3.69. The number of hydrogen-bond acceptors (Lipinski definition) is 3. The van der Waals surface area contributed by atoms with Crippen LogP contribution in [0.3, 0.4) is 0 Å². The molecule has 4 rings (SSSR count).